The first-order valence-electron chi connectivity index (χ1n) is 4.57. The Bertz CT molecular complexity index is 514. The molecule has 0 aliphatic rings. The van der Waals surface area contributed by atoms with Crippen molar-refractivity contribution < 1.29 is 8.78 Å². The SMILES string of the molecule is Cc1nccn1S(=O)n1cc[n+](C)c1C. The molecule has 0 spiro atoms. The van der Waals surface area contributed by atoms with Gasteiger partial charge < -0.3 is 0 Å². The monoisotopic (exact) mass is 225 g/mol. The van der Waals surface area contributed by atoms with Gasteiger partial charge in [0.2, 0.25) is 0 Å². The van der Waals surface area contributed by atoms with Crippen molar-refractivity contribution in [2.24, 2.45) is 7.05 Å². The van der Waals surface area contributed by atoms with Gasteiger partial charge in [0.05, 0.1) is 7.05 Å². The Morgan fingerprint density at radius 3 is 2.53 bits per heavy atom. The summed E-state index contributed by atoms with van der Waals surface area (Å²) >= 11 is -1.27. The van der Waals surface area contributed by atoms with Gasteiger partial charge in [-0.3, -0.25) is 0 Å². The lowest BCUT2D eigenvalue weighted by Crippen LogP contribution is -2.31. The Balaban J connectivity index is 2.46. The molecule has 2 rings (SSSR count). The Morgan fingerprint density at radius 1 is 1.33 bits per heavy atom. The van der Waals surface area contributed by atoms with Crippen molar-refractivity contribution in [2.75, 3.05) is 0 Å². The zero-order chi connectivity index (χ0) is 11.0. The molecule has 6 heteroatoms. The molecule has 2 aromatic rings. The summed E-state index contributed by atoms with van der Waals surface area (Å²) in [6.45, 7) is 3.75. The molecule has 0 aromatic carbocycles. The van der Waals surface area contributed by atoms with Crippen molar-refractivity contribution in [3.8, 4) is 0 Å². The van der Waals surface area contributed by atoms with Gasteiger partial charge in [-0.25, -0.2) is 13.5 Å². The maximum Gasteiger partial charge on any atom is 0.323 e. The molecular weight excluding hydrogens is 212 g/mol. The third-order valence-corrected chi connectivity index (χ3v) is 3.82. The molecular formula is C9H13N4OS+. The van der Waals surface area contributed by atoms with Crippen molar-refractivity contribution in [1.82, 2.24) is 12.9 Å². The molecule has 0 aliphatic heterocycles. The minimum Gasteiger partial charge on any atom is -0.241 e. The highest BCUT2D eigenvalue weighted by atomic mass is 32.2. The van der Waals surface area contributed by atoms with Crippen LogP contribution in [0.1, 0.15) is 11.6 Å². The van der Waals surface area contributed by atoms with Crippen molar-refractivity contribution in [2.45, 2.75) is 13.8 Å². The summed E-state index contributed by atoms with van der Waals surface area (Å²) in [5.74, 6) is 1.67. The highest BCUT2D eigenvalue weighted by Crippen LogP contribution is 2.03. The molecule has 0 bridgehead atoms. The van der Waals surface area contributed by atoms with Gasteiger partial charge in [0.15, 0.2) is 0 Å². The van der Waals surface area contributed by atoms with Crippen molar-refractivity contribution in [3.05, 3.63) is 36.4 Å². The van der Waals surface area contributed by atoms with Gasteiger partial charge in [0.1, 0.15) is 18.2 Å². The predicted octanol–water partition coefficient (Wildman–Crippen LogP) is 0.101. The molecule has 1 atom stereocenters. The maximum absolute atomic E-state index is 12.1. The zero-order valence-electron chi connectivity index (χ0n) is 8.91. The largest absolute Gasteiger partial charge is 0.323 e. The lowest BCUT2D eigenvalue weighted by Gasteiger charge is -2.00. The van der Waals surface area contributed by atoms with Crippen LogP contribution in [0.15, 0.2) is 24.8 Å². The van der Waals surface area contributed by atoms with Gasteiger partial charge >= 0.3 is 11.2 Å². The van der Waals surface area contributed by atoms with E-state index in [4.69, 9.17) is 0 Å². The molecule has 5 nitrogen and oxygen atoms in total. The molecule has 2 aromatic heterocycles. The highest BCUT2D eigenvalue weighted by molar-refractivity contribution is 7.81. The minimum atomic E-state index is -1.27. The summed E-state index contributed by atoms with van der Waals surface area (Å²) < 4.78 is 17.4. The molecule has 80 valence electrons. The van der Waals surface area contributed by atoms with Crippen LogP contribution in [0.3, 0.4) is 0 Å². The molecule has 0 radical (unpaired) electrons. The molecule has 0 saturated heterocycles. The normalized spacial score (nSPS) is 13.0. The van der Waals surface area contributed by atoms with Crippen molar-refractivity contribution in [1.29, 1.82) is 0 Å². The molecule has 0 N–H and O–H groups in total. The van der Waals surface area contributed by atoms with Crippen LogP contribution in [0.4, 0.5) is 0 Å². The van der Waals surface area contributed by atoms with Crippen LogP contribution in [0, 0.1) is 13.8 Å². The first-order chi connectivity index (χ1) is 7.11. The molecule has 15 heavy (non-hydrogen) atoms. The lowest BCUT2D eigenvalue weighted by molar-refractivity contribution is -0.676. The van der Waals surface area contributed by atoms with Crippen LogP contribution >= 0.6 is 0 Å². The second-order valence-electron chi connectivity index (χ2n) is 3.31. The zero-order valence-corrected chi connectivity index (χ0v) is 9.73. The second-order valence-corrected chi connectivity index (χ2v) is 4.56. The maximum atomic E-state index is 12.1. The summed E-state index contributed by atoms with van der Waals surface area (Å²) in [4.78, 5) is 4.05. The van der Waals surface area contributed by atoms with Gasteiger partial charge in [-0.05, 0) is 6.92 Å². The Kier molecular flexibility index (Phi) is 2.44. The first-order valence-corrected chi connectivity index (χ1v) is 5.64. The van der Waals surface area contributed by atoms with Gasteiger partial charge in [-0.15, -0.1) is 3.97 Å². The number of hydrogen-bond acceptors (Lipinski definition) is 2. The summed E-state index contributed by atoms with van der Waals surface area (Å²) in [6.07, 6.45) is 7.03. The molecule has 0 amide bonds. The van der Waals surface area contributed by atoms with Crippen LogP contribution in [-0.4, -0.2) is 17.1 Å². The number of aromatic nitrogens is 4. The number of aryl methyl sites for hydroxylation is 2. The predicted molar refractivity (Wildman–Crippen MR) is 56.2 cm³/mol. The van der Waals surface area contributed by atoms with E-state index in [2.05, 4.69) is 4.98 Å². The molecule has 0 aliphatic carbocycles. The minimum absolute atomic E-state index is 0.740. The third kappa shape index (κ3) is 1.61. The fourth-order valence-electron chi connectivity index (χ4n) is 1.32. The van der Waals surface area contributed by atoms with E-state index in [0.717, 1.165) is 11.6 Å². The molecule has 0 fully saturated rings. The summed E-state index contributed by atoms with van der Waals surface area (Å²) in [5, 5.41) is 0. The van der Waals surface area contributed by atoms with Crippen LogP contribution in [0.25, 0.3) is 0 Å². The lowest BCUT2D eigenvalue weighted by atomic mass is 10.7. The van der Waals surface area contributed by atoms with E-state index in [1.54, 1.807) is 26.5 Å². The summed E-state index contributed by atoms with van der Waals surface area (Å²) in [7, 11) is 1.92. The standard InChI is InChI=1S/C9H13N4OS/c1-8-10-4-5-12(8)15(14)13-7-6-11(3)9(13)2/h4-7H,1-3H3/q+1. The van der Waals surface area contributed by atoms with E-state index < -0.39 is 11.2 Å². The Hall–Kier alpha value is -1.43. The van der Waals surface area contributed by atoms with Crippen LogP contribution in [0.5, 0.6) is 0 Å². The van der Waals surface area contributed by atoms with Crippen molar-refractivity contribution in [3.63, 3.8) is 0 Å². The third-order valence-electron chi connectivity index (χ3n) is 2.37. The number of hydrogen-bond donors (Lipinski definition) is 0. The van der Waals surface area contributed by atoms with E-state index in [1.165, 1.54) is 0 Å². The Morgan fingerprint density at radius 2 is 2.07 bits per heavy atom. The van der Waals surface area contributed by atoms with Gasteiger partial charge in [0.25, 0.3) is 5.82 Å². The molecule has 0 saturated carbocycles. The molecule has 1 unspecified atom stereocenters. The van der Waals surface area contributed by atoms with E-state index in [-0.39, 0.29) is 0 Å². The topological polar surface area (TPSA) is 43.7 Å². The molecule has 2 heterocycles. The van der Waals surface area contributed by atoms with Crippen LogP contribution in [0.2, 0.25) is 0 Å². The first kappa shape index (κ1) is 10.1. The van der Waals surface area contributed by atoms with E-state index >= 15 is 0 Å². The average Bonchev–Trinajstić information content (AvgIpc) is 2.75. The fourth-order valence-corrected chi connectivity index (χ4v) is 2.46. The second kappa shape index (κ2) is 3.62. The summed E-state index contributed by atoms with van der Waals surface area (Å²) in [5.41, 5.74) is 0. The van der Waals surface area contributed by atoms with Gasteiger partial charge in [-0.2, -0.15) is 4.21 Å². The van der Waals surface area contributed by atoms with Crippen LogP contribution < -0.4 is 4.57 Å². The number of nitrogens with zero attached hydrogens (tertiary/aromatic N) is 4. The van der Waals surface area contributed by atoms with Crippen molar-refractivity contribution >= 4 is 11.2 Å². The van der Waals surface area contributed by atoms with Gasteiger partial charge in [-0.1, -0.05) is 0 Å². The summed E-state index contributed by atoms with van der Waals surface area (Å²) in [6, 6.07) is 0. The average molecular weight is 225 g/mol. The number of rotatable bonds is 2. The van der Waals surface area contributed by atoms with E-state index in [9.17, 15) is 4.21 Å². The highest BCUT2D eigenvalue weighted by Gasteiger charge is 2.18. The quantitative estimate of drug-likeness (QED) is 0.680. The van der Waals surface area contributed by atoms with E-state index in [1.807, 2.05) is 31.7 Å². The van der Waals surface area contributed by atoms with E-state index in [0.29, 0.717) is 0 Å². The Labute approximate surface area is 90.7 Å². The van der Waals surface area contributed by atoms with Crippen LogP contribution in [-0.2, 0) is 18.2 Å². The smallest absolute Gasteiger partial charge is 0.241 e. The van der Waals surface area contributed by atoms with Gasteiger partial charge in [0, 0.05) is 19.3 Å². The number of imidazole rings is 2. The fraction of sp³-hybridized carbons (Fsp3) is 0.333.